The third-order valence-corrected chi connectivity index (χ3v) is 11.9. The summed E-state index contributed by atoms with van der Waals surface area (Å²) in [6.45, 7) is 16.8. The van der Waals surface area contributed by atoms with Crippen molar-refractivity contribution in [1.29, 1.82) is 0 Å². The van der Waals surface area contributed by atoms with Gasteiger partial charge in [-0.2, -0.15) is 5.70 Å². The molecule has 3 N–H and O–H groups in total. The zero-order valence-corrected chi connectivity index (χ0v) is 37.1. The van der Waals surface area contributed by atoms with Crippen LogP contribution in [-0.2, 0) is 44.2 Å². The smallest absolute Gasteiger partial charge is 0.662 e. The van der Waals surface area contributed by atoms with Crippen LogP contribution in [0.25, 0.3) is 35.7 Å². The number of allylic oxidation sites excluding steroid dienone is 6. The molecule has 3 atom stereocenters. The Kier molecular flexibility index (Phi) is 15.5. The predicted molar refractivity (Wildman–Crippen MR) is 235 cm³/mol. The fourth-order valence-corrected chi connectivity index (χ4v) is 8.38. The molecule has 3 aliphatic heterocycles. The van der Waals surface area contributed by atoms with Gasteiger partial charge in [-0.05, 0) is 98.5 Å². The monoisotopic (exact) mass is 868 g/mol. The number of nitrogens with zero attached hydrogens (tertiary/aromatic N) is 4. The van der Waals surface area contributed by atoms with Crippen molar-refractivity contribution in [2.24, 2.45) is 5.92 Å². The van der Waals surface area contributed by atoms with Crippen molar-refractivity contribution >= 4 is 48.6 Å². The SMILES string of the molecule is C=Cc1c2[n-]c(c1C)/C=C1\[N-]/C(=C\c3[n-]c(c(CCC(=O)O)c3C=O)/C=c3\[n-]/c(c(C)c3CCC(=O)O)=C\2)[C@@]2(CO2)C1[C@@H](O)CC/C=C(\C)CC/C=C(/C)CCC=C(C)C.[Fe+4]. The minimum Gasteiger partial charge on any atom is -0.662 e. The minimum atomic E-state index is -1.03. The molecule has 3 aromatic rings. The van der Waals surface area contributed by atoms with Crippen LogP contribution in [0.1, 0.15) is 140 Å². The average Bonchev–Trinajstić information content (AvgIpc) is 3.58. The fraction of sp³-hybridized carbons (Fsp3) is 0.408. The summed E-state index contributed by atoms with van der Waals surface area (Å²) in [4.78, 5) is 51.2. The van der Waals surface area contributed by atoms with Crippen molar-refractivity contribution in [3.63, 3.8) is 0 Å². The molecule has 322 valence electrons. The van der Waals surface area contributed by atoms with Gasteiger partial charge in [-0.1, -0.05) is 94.2 Å². The topological polar surface area (TPSA) is 181 Å². The van der Waals surface area contributed by atoms with Crippen LogP contribution in [0.4, 0.5) is 0 Å². The number of epoxide rings is 1. The summed E-state index contributed by atoms with van der Waals surface area (Å²) in [7, 11) is 0. The Morgan fingerprint density at radius 1 is 0.787 bits per heavy atom. The average molecular weight is 869 g/mol. The number of rotatable bonds is 18. The van der Waals surface area contributed by atoms with E-state index in [0.29, 0.717) is 81.7 Å². The third kappa shape index (κ3) is 10.7. The Morgan fingerprint density at radius 2 is 1.38 bits per heavy atom. The standard InChI is InChI=1S/C49H58N4O7.Fe/c1-8-33-31(6)38-23-43-48(44(55)17-11-16-30(5)15-10-14-29(4)13-9-12-28(2)3)49(27-60-49)45(53-43)25-42-36(26-54)35(19-21-47(58)59)41(52-42)24-40-34(18-20-46(56)57)32(7)37(51-40)22-39(33)50-38;/h8,12,14,16,22-26,44,48,55H,1,9-11,13,15,17-21,27H2,2-7H3,(H4,52,53,54,56,57,58,59);/q-2;+4/p-2/b29-14-,30-16+,37-22-,40-24-,43-23-;/t44-,48?,49-;/m0./s1. The van der Waals surface area contributed by atoms with E-state index in [1.165, 1.54) is 16.7 Å². The van der Waals surface area contributed by atoms with Gasteiger partial charge in [-0.3, -0.25) is 14.4 Å². The fourth-order valence-electron chi connectivity index (χ4n) is 8.38. The number of hydrogen-bond acceptors (Lipinski definition) is 5. The first-order chi connectivity index (χ1) is 28.6. The Bertz CT molecular complexity index is 2460. The van der Waals surface area contributed by atoms with Gasteiger partial charge in [-0.25, -0.2) is 0 Å². The van der Waals surface area contributed by atoms with Crippen LogP contribution in [0.15, 0.2) is 52.9 Å². The number of carbonyl (C=O) groups excluding carboxylic acids is 1. The second-order valence-corrected chi connectivity index (χ2v) is 16.6. The van der Waals surface area contributed by atoms with Gasteiger partial charge in [0.05, 0.1) is 12.7 Å². The van der Waals surface area contributed by atoms with Crippen LogP contribution < -0.4 is 25.7 Å². The van der Waals surface area contributed by atoms with E-state index >= 15 is 0 Å². The number of carboxylic acid groups (broad SMARTS) is 2. The van der Waals surface area contributed by atoms with Crippen LogP contribution in [0, 0.1) is 19.8 Å². The quantitative estimate of drug-likeness (QED) is 0.0507. The Morgan fingerprint density at radius 3 is 1.98 bits per heavy atom. The normalized spacial score (nSPS) is 21.3. The molecular weight excluding hydrogens is 812 g/mol. The molecular formula is C49H56FeN4O7. The zero-order chi connectivity index (χ0) is 43.3. The number of aliphatic carboxylic acids is 2. The van der Waals surface area contributed by atoms with E-state index in [1.807, 2.05) is 26.0 Å². The molecule has 61 heavy (non-hydrogen) atoms. The molecule has 0 amide bonds. The molecule has 0 radical (unpaired) electrons. The van der Waals surface area contributed by atoms with Crippen molar-refractivity contribution in [2.45, 2.75) is 117 Å². The summed E-state index contributed by atoms with van der Waals surface area (Å²) < 4.78 is 6.24. The summed E-state index contributed by atoms with van der Waals surface area (Å²) >= 11 is 0. The second kappa shape index (κ2) is 20.2. The molecule has 3 aliphatic rings. The molecule has 3 aromatic heterocycles. The van der Waals surface area contributed by atoms with Gasteiger partial charge in [0, 0.05) is 24.3 Å². The summed E-state index contributed by atoms with van der Waals surface area (Å²) in [5, 5.41) is 37.4. The van der Waals surface area contributed by atoms with E-state index in [2.05, 4.69) is 52.5 Å². The molecule has 1 unspecified atom stereocenters. The Labute approximate surface area is 368 Å². The van der Waals surface area contributed by atoms with Crippen molar-refractivity contribution in [2.75, 3.05) is 6.61 Å². The Hall–Kier alpha value is -5.13. The summed E-state index contributed by atoms with van der Waals surface area (Å²) in [5.41, 5.74) is 9.90. The van der Waals surface area contributed by atoms with Crippen LogP contribution in [0.5, 0.6) is 0 Å². The van der Waals surface area contributed by atoms with E-state index < -0.39 is 29.6 Å². The second-order valence-electron chi connectivity index (χ2n) is 16.6. The molecule has 12 heteroatoms. The molecule has 6 heterocycles. The molecule has 2 fully saturated rings. The first-order valence-electron chi connectivity index (χ1n) is 20.8. The van der Waals surface area contributed by atoms with Gasteiger partial charge in [0.25, 0.3) is 0 Å². The number of fused-ring (bicyclic) bond motifs is 9. The number of aromatic nitrogens is 3. The first-order valence-corrected chi connectivity index (χ1v) is 20.8. The maximum absolute atomic E-state index is 12.9. The molecule has 2 saturated heterocycles. The predicted octanol–water partition coefficient (Wildman–Crippen LogP) is 7.35. The van der Waals surface area contributed by atoms with Crippen molar-refractivity contribution in [1.82, 2.24) is 15.0 Å². The molecule has 0 aromatic carbocycles. The van der Waals surface area contributed by atoms with E-state index in [0.717, 1.165) is 42.4 Å². The van der Waals surface area contributed by atoms with Gasteiger partial charge in [-0.15, -0.1) is 39.2 Å². The summed E-state index contributed by atoms with van der Waals surface area (Å²) in [5.74, 6) is -2.53. The van der Waals surface area contributed by atoms with Crippen LogP contribution >= 0.6 is 0 Å². The number of aliphatic hydroxyl groups excluding tert-OH is 1. The molecule has 0 saturated carbocycles. The number of ether oxygens (including phenoxy) is 1. The number of carboxylic acids is 2. The summed E-state index contributed by atoms with van der Waals surface area (Å²) in [6, 6.07) is 0. The number of aliphatic hydroxyl groups is 1. The zero-order valence-electron chi connectivity index (χ0n) is 36.0. The number of aldehydes is 1. The molecule has 1 spiro atoms. The number of carbonyl (C=O) groups is 3. The van der Waals surface area contributed by atoms with Gasteiger partial charge in [0.2, 0.25) is 0 Å². The third-order valence-electron chi connectivity index (χ3n) is 11.9. The van der Waals surface area contributed by atoms with Crippen molar-refractivity contribution in [3.05, 3.63) is 125 Å². The number of hydrogen-bond donors (Lipinski definition) is 3. The molecule has 6 rings (SSSR count). The summed E-state index contributed by atoms with van der Waals surface area (Å²) in [6.07, 6.45) is 20.6. The molecule has 0 aliphatic carbocycles. The van der Waals surface area contributed by atoms with Gasteiger partial charge < -0.3 is 40.3 Å². The van der Waals surface area contributed by atoms with Gasteiger partial charge in [0.15, 0.2) is 0 Å². The van der Waals surface area contributed by atoms with Gasteiger partial charge in [0.1, 0.15) is 11.9 Å². The Balaban J connectivity index is 0.00000704. The van der Waals surface area contributed by atoms with Crippen LogP contribution in [0.3, 0.4) is 0 Å². The van der Waals surface area contributed by atoms with E-state index in [4.69, 9.17) is 25.0 Å². The first kappa shape index (κ1) is 46.9. The maximum Gasteiger partial charge on any atom is 4.00 e. The van der Waals surface area contributed by atoms with Gasteiger partial charge >= 0.3 is 29.0 Å². The minimum absolute atomic E-state index is 0. The van der Waals surface area contributed by atoms with E-state index in [9.17, 15) is 29.7 Å². The van der Waals surface area contributed by atoms with Crippen molar-refractivity contribution < 1.29 is 51.5 Å². The van der Waals surface area contributed by atoms with Crippen LogP contribution in [0.2, 0.25) is 0 Å². The maximum atomic E-state index is 12.9. The molecule has 8 bridgehead atoms. The largest absolute Gasteiger partial charge is 4.00 e. The molecule has 11 nitrogen and oxygen atoms in total. The van der Waals surface area contributed by atoms with E-state index in [1.54, 1.807) is 18.2 Å². The van der Waals surface area contributed by atoms with Crippen molar-refractivity contribution in [3.8, 4) is 0 Å². The van der Waals surface area contributed by atoms with Crippen LogP contribution in [-0.4, -0.2) is 51.9 Å². The van der Waals surface area contributed by atoms with E-state index in [-0.39, 0.29) is 48.3 Å².